The van der Waals surface area contributed by atoms with Crippen molar-refractivity contribution in [2.24, 2.45) is 5.18 Å². The summed E-state index contributed by atoms with van der Waals surface area (Å²) in [5.74, 6) is 0.0964. The number of nitroso groups, excluding NO2 is 1. The average Bonchev–Trinajstić information content (AvgIpc) is 1.87. The molecule has 0 radical (unpaired) electrons. The Morgan fingerprint density at radius 1 is 1.60 bits per heavy atom. The number of nitrogens with zero attached hydrogens (tertiary/aromatic N) is 1. The molecule has 0 heterocycles. The van der Waals surface area contributed by atoms with Gasteiger partial charge in [-0.05, 0) is 0 Å². The predicted molar refractivity (Wildman–Crippen MR) is 37.9 cm³/mol. The molecular weight excluding hydrogens is 134 g/mol. The molecule has 0 aromatic rings. The third kappa shape index (κ3) is 7.10. The monoisotopic (exact) mass is 145 g/mol. The molecule has 0 aliphatic rings. The normalized spacial score (nSPS) is 9.20. The number of hydrogen-bond acceptors (Lipinski definition) is 4. The molecule has 0 spiro atoms. The Morgan fingerprint density at radius 2 is 2.30 bits per heavy atom. The summed E-state index contributed by atoms with van der Waals surface area (Å²) in [4.78, 5) is 9.50. The first-order chi connectivity index (χ1) is 4.77. The van der Waals surface area contributed by atoms with Crippen molar-refractivity contribution in [2.45, 2.75) is 6.42 Å². The molecule has 0 amide bonds. The highest BCUT2D eigenvalue weighted by molar-refractivity contribution is 4.77. The van der Waals surface area contributed by atoms with Gasteiger partial charge in [-0.1, -0.05) is 11.8 Å². The van der Waals surface area contributed by atoms with Crippen LogP contribution >= 0.6 is 0 Å². The minimum atomic E-state index is 0.0964. The molecule has 0 aliphatic carbocycles. The van der Waals surface area contributed by atoms with Gasteiger partial charge in [0, 0.05) is 6.42 Å². The third-order valence-electron chi connectivity index (χ3n) is 0.862. The number of aliphatic hydroxyl groups is 1. The highest BCUT2D eigenvalue weighted by Crippen LogP contribution is 1.91. The molecule has 10 heavy (non-hydrogen) atoms. The first kappa shape index (κ1) is 9.10. The highest BCUT2D eigenvalue weighted by atomic mass is 16.5. The summed E-state index contributed by atoms with van der Waals surface area (Å²) in [5.41, 5.74) is 0. The van der Waals surface area contributed by atoms with Gasteiger partial charge in [0.2, 0.25) is 0 Å². The van der Waals surface area contributed by atoms with Crippen LogP contribution in [-0.2, 0) is 4.74 Å². The molecule has 0 aromatic carbocycles. The van der Waals surface area contributed by atoms with Gasteiger partial charge < -0.3 is 9.84 Å². The molecule has 0 bridgehead atoms. The Hall–Kier alpha value is -0.900. The summed E-state index contributed by atoms with van der Waals surface area (Å²) in [6.07, 6.45) is 0.416. The van der Waals surface area contributed by atoms with E-state index in [1.807, 2.05) is 0 Å². The Balaban J connectivity index is 2.90. The number of hydrogen-bond donors (Lipinski definition) is 1. The van der Waals surface area contributed by atoms with Crippen LogP contribution in [0.2, 0.25) is 0 Å². The standard InChI is InChI=1S/C6H11NO3/c1-6(8)2-4-10-5-3-7-9/h8H,1-5H2. The molecule has 0 aromatic heterocycles. The van der Waals surface area contributed by atoms with E-state index < -0.39 is 0 Å². The molecule has 4 nitrogen and oxygen atoms in total. The minimum Gasteiger partial charge on any atom is -0.513 e. The summed E-state index contributed by atoms with van der Waals surface area (Å²) < 4.78 is 4.87. The Bertz CT molecular complexity index is 114. The van der Waals surface area contributed by atoms with Crippen LogP contribution in [0, 0.1) is 4.91 Å². The Labute approximate surface area is 59.5 Å². The first-order valence-electron chi connectivity index (χ1n) is 3.01. The van der Waals surface area contributed by atoms with Gasteiger partial charge in [0.05, 0.1) is 19.0 Å². The highest BCUT2D eigenvalue weighted by Gasteiger charge is 1.89. The zero-order valence-corrected chi connectivity index (χ0v) is 5.75. The molecular formula is C6H11NO3. The van der Waals surface area contributed by atoms with Crippen LogP contribution in [0.25, 0.3) is 0 Å². The van der Waals surface area contributed by atoms with Crippen molar-refractivity contribution < 1.29 is 9.84 Å². The van der Waals surface area contributed by atoms with Gasteiger partial charge >= 0.3 is 0 Å². The first-order valence-corrected chi connectivity index (χ1v) is 3.01. The summed E-state index contributed by atoms with van der Waals surface area (Å²) in [6.45, 7) is 4.14. The SMILES string of the molecule is C=C(O)CCOCCN=O. The lowest BCUT2D eigenvalue weighted by Crippen LogP contribution is -1.99. The molecule has 0 saturated carbocycles. The van der Waals surface area contributed by atoms with E-state index in [0.29, 0.717) is 19.6 Å². The van der Waals surface area contributed by atoms with E-state index in [1.165, 1.54) is 0 Å². The predicted octanol–water partition coefficient (Wildman–Crippen LogP) is 1.23. The smallest absolute Gasteiger partial charge is 0.104 e. The van der Waals surface area contributed by atoms with Crippen LogP contribution in [-0.4, -0.2) is 24.9 Å². The molecule has 4 heteroatoms. The third-order valence-corrected chi connectivity index (χ3v) is 0.862. The fourth-order valence-electron chi connectivity index (χ4n) is 0.394. The lowest BCUT2D eigenvalue weighted by molar-refractivity contribution is 0.136. The van der Waals surface area contributed by atoms with Crippen molar-refractivity contribution in [3.63, 3.8) is 0 Å². The summed E-state index contributed by atoms with van der Waals surface area (Å²) in [7, 11) is 0. The van der Waals surface area contributed by atoms with E-state index in [9.17, 15) is 4.91 Å². The number of aliphatic hydroxyl groups excluding tert-OH is 1. The molecule has 0 atom stereocenters. The van der Waals surface area contributed by atoms with E-state index >= 15 is 0 Å². The molecule has 0 rings (SSSR count). The van der Waals surface area contributed by atoms with Crippen molar-refractivity contribution >= 4 is 0 Å². The maximum Gasteiger partial charge on any atom is 0.104 e. The number of rotatable bonds is 6. The van der Waals surface area contributed by atoms with Gasteiger partial charge in [0.25, 0.3) is 0 Å². The van der Waals surface area contributed by atoms with Crippen molar-refractivity contribution in [1.29, 1.82) is 0 Å². The second-order valence-electron chi connectivity index (χ2n) is 1.78. The van der Waals surface area contributed by atoms with Gasteiger partial charge in [-0.25, -0.2) is 0 Å². The van der Waals surface area contributed by atoms with Crippen LogP contribution in [0.3, 0.4) is 0 Å². The van der Waals surface area contributed by atoms with E-state index in [2.05, 4.69) is 11.8 Å². The molecule has 0 aliphatic heterocycles. The van der Waals surface area contributed by atoms with Gasteiger partial charge in [0.15, 0.2) is 0 Å². The van der Waals surface area contributed by atoms with E-state index in [1.54, 1.807) is 0 Å². The van der Waals surface area contributed by atoms with Crippen LogP contribution < -0.4 is 0 Å². The molecule has 0 fully saturated rings. The number of ether oxygens (including phenoxy) is 1. The second-order valence-corrected chi connectivity index (χ2v) is 1.78. The summed E-state index contributed by atoms with van der Waals surface area (Å²) in [5, 5.41) is 11.1. The molecule has 1 N–H and O–H groups in total. The Morgan fingerprint density at radius 3 is 2.80 bits per heavy atom. The minimum absolute atomic E-state index is 0.0964. The fourth-order valence-corrected chi connectivity index (χ4v) is 0.394. The Kier molecular flexibility index (Phi) is 5.66. The largest absolute Gasteiger partial charge is 0.513 e. The average molecular weight is 145 g/mol. The van der Waals surface area contributed by atoms with E-state index in [-0.39, 0.29) is 12.3 Å². The maximum absolute atomic E-state index is 9.50. The van der Waals surface area contributed by atoms with Crippen LogP contribution in [0.4, 0.5) is 0 Å². The molecule has 0 unspecified atom stereocenters. The quantitative estimate of drug-likeness (QED) is 0.347. The fraction of sp³-hybridized carbons (Fsp3) is 0.667. The van der Waals surface area contributed by atoms with E-state index in [0.717, 1.165) is 0 Å². The summed E-state index contributed by atoms with van der Waals surface area (Å²) in [6, 6.07) is 0. The van der Waals surface area contributed by atoms with Gasteiger partial charge in [-0.3, -0.25) is 0 Å². The summed E-state index contributed by atoms with van der Waals surface area (Å²) >= 11 is 0. The van der Waals surface area contributed by atoms with Crippen molar-refractivity contribution in [2.75, 3.05) is 19.8 Å². The lowest BCUT2D eigenvalue weighted by Gasteiger charge is -1.98. The second kappa shape index (κ2) is 6.22. The lowest BCUT2D eigenvalue weighted by atomic mass is 10.4. The van der Waals surface area contributed by atoms with Crippen LogP contribution in [0.5, 0.6) is 0 Å². The topological polar surface area (TPSA) is 58.9 Å². The van der Waals surface area contributed by atoms with Crippen LogP contribution in [0.15, 0.2) is 17.5 Å². The zero-order valence-electron chi connectivity index (χ0n) is 5.75. The molecule has 0 saturated heterocycles. The van der Waals surface area contributed by atoms with Crippen molar-refractivity contribution in [1.82, 2.24) is 0 Å². The van der Waals surface area contributed by atoms with Crippen molar-refractivity contribution in [3.05, 3.63) is 17.2 Å². The van der Waals surface area contributed by atoms with Gasteiger partial charge in [-0.2, -0.15) is 4.91 Å². The molecule has 58 valence electrons. The zero-order chi connectivity index (χ0) is 7.82. The van der Waals surface area contributed by atoms with Crippen molar-refractivity contribution in [3.8, 4) is 0 Å². The van der Waals surface area contributed by atoms with Gasteiger partial charge in [0.1, 0.15) is 6.54 Å². The van der Waals surface area contributed by atoms with Crippen LogP contribution in [0.1, 0.15) is 6.42 Å². The van der Waals surface area contributed by atoms with Gasteiger partial charge in [-0.15, -0.1) is 0 Å². The maximum atomic E-state index is 9.50. The van der Waals surface area contributed by atoms with E-state index in [4.69, 9.17) is 9.84 Å².